The number of anilines is 2. The van der Waals surface area contributed by atoms with E-state index in [2.05, 4.69) is 47.2 Å². The predicted molar refractivity (Wildman–Crippen MR) is 96.0 cm³/mol. The van der Waals surface area contributed by atoms with Crippen LogP contribution in [0.5, 0.6) is 0 Å². The van der Waals surface area contributed by atoms with Crippen LogP contribution in [-0.4, -0.2) is 29.7 Å². The fraction of sp³-hybridized carbons (Fsp3) is 0. The molecule has 0 saturated heterocycles. The van der Waals surface area contributed by atoms with Crippen LogP contribution in [-0.2, 0) is 0 Å². The topological polar surface area (TPSA) is 84.3 Å². The number of hydrogen-bond donors (Lipinski definition) is 2. The molecule has 2 aromatic carbocycles. The van der Waals surface area contributed by atoms with Gasteiger partial charge in [0.25, 0.3) is 0 Å². The van der Waals surface area contributed by atoms with Crippen LogP contribution >= 0.6 is 0 Å². The molecule has 25 heavy (non-hydrogen) atoms. The number of para-hydroxylation sites is 1. The fourth-order valence-corrected chi connectivity index (χ4v) is 2.89. The molecule has 0 aliphatic rings. The molecule has 5 rings (SSSR count). The number of imidazole rings is 1. The molecule has 3 aromatic heterocycles. The number of fused-ring (bicyclic) bond motifs is 2. The monoisotopic (exact) mass is 327 g/mol. The molecule has 0 amide bonds. The normalized spacial score (nSPS) is 11.2. The minimum Gasteiger partial charge on any atom is -0.339 e. The summed E-state index contributed by atoms with van der Waals surface area (Å²) in [5.41, 5.74) is 4.65. The van der Waals surface area contributed by atoms with Gasteiger partial charge in [-0.2, -0.15) is 5.10 Å². The number of hydrogen-bond acceptors (Lipinski definition) is 5. The average molecular weight is 327 g/mol. The average Bonchev–Trinajstić information content (AvgIpc) is 3.29. The van der Waals surface area contributed by atoms with E-state index in [1.54, 1.807) is 6.20 Å². The molecule has 0 aliphatic heterocycles. The van der Waals surface area contributed by atoms with Crippen LogP contribution in [0.3, 0.4) is 0 Å². The number of rotatable bonds is 3. The van der Waals surface area contributed by atoms with E-state index in [0.29, 0.717) is 11.5 Å². The minimum atomic E-state index is 0.701. The molecule has 0 saturated carbocycles. The van der Waals surface area contributed by atoms with Crippen molar-refractivity contribution in [2.75, 3.05) is 5.32 Å². The van der Waals surface area contributed by atoms with E-state index in [9.17, 15) is 0 Å². The molecule has 0 spiro atoms. The van der Waals surface area contributed by atoms with Gasteiger partial charge in [-0.25, -0.2) is 15.0 Å². The zero-order valence-electron chi connectivity index (χ0n) is 13.1. The van der Waals surface area contributed by atoms with Gasteiger partial charge in [-0.15, -0.1) is 0 Å². The summed E-state index contributed by atoms with van der Waals surface area (Å²) >= 11 is 0. The second-order valence-corrected chi connectivity index (χ2v) is 5.63. The third-order valence-corrected chi connectivity index (χ3v) is 4.09. The van der Waals surface area contributed by atoms with Crippen LogP contribution in [0.15, 0.2) is 67.4 Å². The van der Waals surface area contributed by atoms with Gasteiger partial charge in [0.2, 0.25) is 0 Å². The number of H-pyrrole nitrogens is 1. The molecule has 120 valence electrons. The number of benzene rings is 2. The number of aromatic nitrogens is 6. The van der Waals surface area contributed by atoms with E-state index in [-0.39, 0.29) is 0 Å². The van der Waals surface area contributed by atoms with Crippen molar-refractivity contribution in [3.8, 4) is 5.69 Å². The molecule has 0 bridgehead atoms. The van der Waals surface area contributed by atoms with Gasteiger partial charge in [-0.1, -0.05) is 18.2 Å². The van der Waals surface area contributed by atoms with Gasteiger partial charge in [0, 0.05) is 11.4 Å². The Morgan fingerprint density at radius 1 is 0.960 bits per heavy atom. The highest BCUT2D eigenvalue weighted by molar-refractivity contribution is 5.89. The number of nitrogens with one attached hydrogen (secondary N) is 2. The molecule has 0 atom stereocenters. The van der Waals surface area contributed by atoms with Crippen molar-refractivity contribution in [2.24, 2.45) is 0 Å². The Hall–Kier alpha value is -3.74. The first-order valence-corrected chi connectivity index (χ1v) is 7.82. The Bertz CT molecular complexity index is 1170. The molecule has 0 aliphatic carbocycles. The first kappa shape index (κ1) is 13.7. The summed E-state index contributed by atoms with van der Waals surface area (Å²) in [7, 11) is 0. The quantitative estimate of drug-likeness (QED) is 0.530. The molecule has 0 radical (unpaired) electrons. The van der Waals surface area contributed by atoms with Gasteiger partial charge in [0.05, 0.1) is 22.6 Å². The van der Waals surface area contributed by atoms with Crippen LogP contribution in [0, 0.1) is 0 Å². The fourth-order valence-electron chi connectivity index (χ4n) is 2.89. The molecular formula is C18H13N7. The van der Waals surface area contributed by atoms with Crippen LogP contribution in [0.25, 0.3) is 27.8 Å². The van der Waals surface area contributed by atoms with E-state index in [1.165, 1.54) is 6.33 Å². The molecule has 7 heteroatoms. The zero-order valence-corrected chi connectivity index (χ0v) is 13.1. The summed E-state index contributed by atoms with van der Waals surface area (Å²) in [6, 6.07) is 16.2. The third kappa shape index (κ3) is 2.29. The van der Waals surface area contributed by atoms with Crippen molar-refractivity contribution >= 4 is 33.6 Å². The maximum absolute atomic E-state index is 4.52. The smallest absolute Gasteiger partial charge is 0.160 e. The van der Waals surface area contributed by atoms with Crippen molar-refractivity contribution in [1.29, 1.82) is 0 Å². The highest BCUT2D eigenvalue weighted by Crippen LogP contribution is 2.25. The lowest BCUT2D eigenvalue weighted by molar-refractivity contribution is 1.09. The van der Waals surface area contributed by atoms with Crippen LogP contribution in [0.4, 0.5) is 11.5 Å². The van der Waals surface area contributed by atoms with Gasteiger partial charge in [-0.3, -0.25) is 9.67 Å². The molecule has 3 heterocycles. The SMILES string of the molecule is c1ccc(-n2cnc3cc(Nc4ncnc5[nH]ncc45)ccc32)cc1. The zero-order chi connectivity index (χ0) is 16.6. The Kier molecular flexibility index (Phi) is 2.96. The minimum absolute atomic E-state index is 0.701. The Morgan fingerprint density at radius 3 is 2.80 bits per heavy atom. The molecule has 7 nitrogen and oxygen atoms in total. The molecule has 0 fully saturated rings. The van der Waals surface area contributed by atoms with E-state index < -0.39 is 0 Å². The lowest BCUT2D eigenvalue weighted by Crippen LogP contribution is -1.95. The van der Waals surface area contributed by atoms with Crippen molar-refractivity contribution in [3.05, 3.63) is 67.4 Å². The van der Waals surface area contributed by atoms with E-state index in [1.807, 2.05) is 42.7 Å². The maximum atomic E-state index is 4.52. The van der Waals surface area contributed by atoms with Crippen LogP contribution in [0.1, 0.15) is 0 Å². The predicted octanol–water partition coefficient (Wildman–Crippen LogP) is 3.44. The molecule has 5 aromatic rings. The van der Waals surface area contributed by atoms with Gasteiger partial charge in [0.1, 0.15) is 18.5 Å². The first-order valence-electron chi connectivity index (χ1n) is 7.82. The van der Waals surface area contributed by atoms with Crippen LogP contribution in [0.2, 0.25) is 0 Å². The molecule has 2 N–H and O–H groups in total. The van der Waals surface area contributed by atoms with Crippen LogP contribution < -0.4 is 5.32 Å². The highest BCUT2D eigenvalue weighted by atomic mass is 15.2. The first-order chi connectivity index (χ1) is 12.4. The standard InChI is InChI=1S/C18H13N7/c1-2-4-13(5-3-1)25-11-21-15-8-12(6-7-16(15)25)23-17-14-9-22-24-18(14)20-10-19-17/h1-11H,(H2,19,20,22,23,24). The maximum Gasteiger partial charge on any atom is 0.160 e. The number of aromatic amines is 1. The summed E-state index contributed by atoms with van der Waals surface area (Å²) in [4.78, 5) is 13.0. The van der Waals surface area contributed by atoms with Crippen molar-refractivity contribution in [1.82, 2.24) is 29.7 Å². The summed E-state index contributed by atoms with van der Waals surface area (Å²) in [6.07, 6.45) is 5.05. The van der Waals surface area contributed by atoms with Gasteiger partial charge in [0.15, 0.2) is 5.65 Å². The van der Waals surface area contributed by atoms with Gasteiger partial charge < -0.3 is 5.32 Å². The Balaban J connectivity index is 1.54. The van der Waals surface area contributed by atoms with Crippen molar-refractivity contribution < 1.29 is 0 Å². The number of nitrogens with zero attached hydrogens (tertiary/aromatic N) is 5. The lowest BCUT2D eigenvalue weighted by atomic mass is 10.2. The highest BCUT2D eigenvalue weighted by Gasteiger charge is 2.08. The van der Waals surface area contributed by atoms with Gasteiger partial charge in [-0.05, 0) is 30.3 Å². The molecule has 0 unspecified atom stereocenters. The van der Waals surface area contributed by atoms with E-state index in [0.717, 1.165) is 27.8 Å². The molecular weight excluding hydrogens is 314 g/mol. The van der Waals surface area contributed by atoms with Crippen molar-refractivity contribution in [3.63, 3.8) is 0 Å². The summed E-state index contributed by atoms with van der Waals surface area (Å²) in [5.74, 6) is 0.709. The van der Waals surface area contributed by atoms with E-state index in [4.69, 9.17) is 0 Å². The Morgan fingerprint density at radius 2 is 1.88 bits per heavy atom. The Labute approximate surface area is 142 Å². The summed E-state index contributed by atoms with van der Waals surface area (Å²) in [5, 5.41) is 11.0. The van der Waals surface area contributed by atoms with Gasteiger partial charge >= 0.3 is 0 Å². The summed E-state index contributed by atoms with van der Waals surface area (Å²) < 4.78 is 2.07. The lowest BCUT2D eigenvalue weighted by Gasteiger charge is -2.07. The second-order valence-electron chi connectivity index (χ2n) is 5.63. The van der Waals surface area contributed by atoms with E-state index >= 15 is 0 Å². The van der Waals surface area contributed by atoms with Crippen molar-refractivity contribution in [2.45, 2.75) is 0 Å². The largest absolute Gasteiger partial charge is 0.339 e. The summed E-state index contributed by atoms with van der Waals surface area (Å²) in [6.45, 7) is 0. The second kappa shape index (κ2) is 5.41. The third-order valence-electron chi connectivity index (χ3n) is 4.09.